The van der Waals surface area contributed by atoms with Crippen LogP contribution >= 0.6 is 0 Å². The molecular weight excluding hydrogens is 370 g/mol. The molecule has 7 nitrogen and oxygen atoms in total. The molecule has 1 saturated heterocycles. The Bertz CT molecular complexity index is 928. The zero-order valence-corrected chi connectivity index (χ0v) is 16.7. The third-order valence-corrected chi connectivity index (χ3v) is 5.50. The number of hydrogen-bond acceptors (Lipinski definition) is 5. The molecule has 2 aliphatic heterocycles. The number of nitrogens with zero attached hydrogens (tertiary/aromatic N) is 1. The average molecular weight is 395 g/mol. The van der Waals surface area contributed by atoms with Crippen LogP contribution < -0.4 is 20.1 Å². The number of carbonyl (C=O) groups is 2. The standard InChI is InChI=1S/C22H25N3O4/c1-15(26)23-17-5-3-16(4-6-17)14-25-10-9-22(25,2)21(27)24-18-7-8-19-20(13-18)29-12-11-28-19/h3-8,13H,9-12,14H2,1-2H3,(H,23,26)(H,24,27). The summed E-state index contributed by atoms with van der Waals surface area (Å²) in [6.07, 6.45) is 0.799. The smallest absolute Gasteiger partial charge is 0.244 e. The normalized spacial score (nSPS) is 20.5. The van der Waals surface area contributed by atoms with Crippen LogP contribution in [0.2, 0.25) is 0 Å². The zero-order valence-electron chi connectivity index (χ0n) is 16.7. The van der Waals surface area contributed by atoms with Crippen LogP contribution in [0.4, 0.5) is 11.4 Å². The van der Waals surface area contributed by atoms with Gasteiger partial charge >= 0.3 is 0 Å². The molecule has 0 radical (unpaired) electrons. The molecule has 29 heavy (non-hydrogen) atoms. The molecule has 2 aliphatic rings. The van der Waals surface area contributed by atoms with Gasteiger partial charge in [0.2, 0.25) is 11.8 Å². The minimum atomic E-state index is -0.566. The molecule has 0 saturated carbocycles. The molecule has 2 N–H and O–H groups in total. The molecular formula is C22H25N3O4. The van der Waals surface area contributed by atoms with Gasteiger partial charge in [-0.15, -0.1) is 0 Å². The van der Waals surface area contributed by atoms with Crippen molar-refractivity contribution in [3.63, 3.8) is 0 Å². The molecule has 2 aromatic rings. The first-order chi connectivity index (χ1) is 13.9. The van der Waals surface area contributed by atoms with Crippen molar-refractivity contribution in [2.75, 3.05) is 30.4 Å². The molecule has 152 valence electrons. The summed E-state index contributed by atoms with van der Waals surface area (Å²) in [7, 11) is 0. The minimum Gasteiger partial charge on any atom is -0.486 e. The number of fused-ring (bicyclic) bond motifs is 1. The molecule has 0 aromatic heterocycles. The summed E-state index contributed by atoms with van der Waals surface area (Å²) >= 11 is 0. The number of hydrogen-bond donors (Lipinski definition) is 2. The van der Waals surface area contributed by atoms with Gasteiger partial charge in [0.05, 0.1) is 5.54 Å². The molecule has 1 unspecified atom stereocenters. The highest BCUT2D eigenvalue weighted by Gasteiger charge is 2.46. The molecule has 0 spiro atoms. The Hall–Kier alpha value is -3.06. The summed E-state index contributed by atoms with van der Waals surface area (Å²) in [5.41, 5.74) is 2.00. The SMILES string of the molecule is CC(=O)Nc1ccc(CN2CCC2(C)C(=O)Nc2ccc3c(c2)OCCO3)cc1. The van der Waals surface area contributed by atoms with Crippen LogP contribution in [0, 0.1) is 0 Å². The molecule has 0 bridgehead atoms. The Morgan fingerprint density at radius 2 is 1.69 bits per heavy atom. The van der Waals surface area contributed by atoms with Crippen LogP contribution in [0.25, 0.3) is 0 Å². The molecule has 2 amide bonds. The lowest BCUT2D eigenvalue weighted by Crippen LogP contribution is -2.63. The van der Waals surface area contributed by atoms with Crippen molar-refractivity contribution in [1.29, 1.82) is 0 Å². The summed E-state index contributed by atoms with van der Waals surface area (Å²) in [4.78, 5) is 26.3. The third kappa shape index (κ3) is 4.05. The highest BCUT2D eigenvalue weighted by Crippen LogP contribution is 2.36. The Morgan fingerprint density at radius 3 is 2.34 bits per heavy atom. The Balaban J connectivity index is 1.40. The second-order valence-electron chi connectivity index (χ2n) is 7.64. The van der Waals surface area contributed by atoms with Crippen molar-refractivity contribution in [2.45, 2.75) is 32.4 Å². The van der Waals surface area contributed by atoms with Gasteiger partial charge in [0.15, 0.2) is 11.5 Å². The van der Waals surface area contributed by atoms with Gasteiger partial charge in [0, 0.05) is 37.5 Å². The van der Waals surface area contributed by atoms with Gasteiger partial charge in [-0.3, -0.25) is 14.5 Å². The zero-order chi connectivity index (χ0) is 20.4. The number of likely N-dealkylation sites (tertiary alicyclic amines) is 1. The maximum atomic E-state index is 13.0. The van der Waals surface area contributed by atoms with E-state index in [4.69, 9.17) is 9.47 Å². The fraction of sp³-hybridized carbons (Fsp3) is 0.364. The summed E-state index contributed by atoms with van der Waals surface area (Å²) < 4.78 is 11.1. The van der Waals surface area contributed by atoms with E-state index in [-0.39, 0.29) is 11.8 Å². The Kier molecular flexibility index (Phi) is 5.15. The van der Waals surface area contributed by atoms with E-state index in [1.54, 1.807) is 6.07 Å². The average Bonchev–Trinajstić information content (AvgIpc) is 2.71. The molecule has 7 heteroatoms. The van der Waals surface area contributed by atoms with Crippen LogP contribution in [0.15, 0.2) is 42.5 Å². The Morgan fingerprint density at radius 1 is 1.00 bits per heavy atom. The highest BCUT2D eigenvalue weighted by molar-refractivity contribution is 5.98. The lowest BCUT2D eigenvalue weighted by atomic mass is 9.85. The summed E-state index contributed by atoms with van der Waals surface area (Å²) in [6, 6.07) is 13.2. The third-order valence-electron chi connectivity index (χ3n) is 5.50. The fourth-order valence-corrected chi connectivity index (χ4v) is 3.62. The lowest BCUT2D eigenvalue weighted by Gasteiger charge is -2.49. The largest absolute Gasteiger partial charge is 0.486 e. The van der Waals surface area contributed by atoms with Gasteiger partial charge in [-0.2, -0.15) is 0 Å². The predicted molar refractivity (Wildman–Crippen MR) is 110 cm³/mol. The maximum absolute atomic E-state index is 13.0. The lowest BCUT2D eigenvalue weighted by molar-refractivity contribution is -0.136. The van der Waals surface area contributed by atoms with E-state index in [0.29, 0.717) is 36.9 Å². The van der Waals surface area contributed by atoms with Gasteiger partial charge in [-0.1, -0.05) is 12.1 Å². The second-order valence-corrected chi connectivity index (χ2v) is 7.64. The molecule has 2 heterocycles. The number of benzene rings is 2. The van der Waals surface area contributed by atoms with E-state index in [1.807, 2.05) is 43.3 Å². The molecule has 2 aromatic carbocycles. The van der Waals surface area contributed by atoms with Crippen LogP contribution in [0.3, 0.4) is 0 Å². The van der Waals surface area contributed by atoms with Crippen molar-refractivity contribution in [2.24, 2.45) is 0 Å². The first-order valence-corrected chi connectivity index (χ1v) is 9.77. The summed E-state index contributed by atoms with van der Waals surface area (Å²) in [6.45, 7) is 6.04. The van der Waals surface area contributed by atoms with Crippen molar-refractivity contribution < 1.29 is 19.1 Å². The number of amides is 2. The number of ether oxygens (including phenoxy) is 2. The summed E-state index contributed by atoms with van der Waals surface area (Å²) in [5.74, 6) is 1.23. The van der Waals surface area contributed by atoms with E-state index >= 15 is 0 Å². The Labute approximate surface area is 170 Å². The van der Waals surface area contributed by atoms with Crippen molar-refractivity contribution in [3.05, 3.63) is 48.0 Å². The predicted octanol–water partition coefficient (Wildman–Crippen LogP) is 3.02. The molecule has 4 rings (SSSR count). The van der Waals surface area contributed by atoms with E-state index in [9.17, 15) is 9.59 Å². The second kappa shape index (κ2) is 7.75. The van der Waals surface area contributed by atoms with Crippen LogP contribution in [-0.4, -0.2) is 42.0 Å². The van der Waals surface area contributed by atoms with E-state index in [0.717, 1.165) is 24.2 Å². The van der Waals surface area contributed by atoms with Gasteiger partial charge in [-0.25, -0.2) is 0 Å². The van der Waals surface area contributed by atoms with Crippen LogP contribution in [0.5, 0.6) is 11.5 Å². The molecule has 1 fully saturated rings. The van der Waals surface area contributed by atoms with Crippen molar-refractivity contribution in [1.82, 2.24) is 4.90 Å². The van der Waals surface area contributed by atoms with E-state index in [2.05, 4.69) is 15.5 Å². The first kappa shape index (κ1) is 19.3. The molecule has 1 atom stereocenters. The first-order valence-electron chi connectivity index (χ1n) is 9.77. The number of carbonyl (C=O) groups excluding carboxylic acids is 2. The highest BCUT2D eigenvalue weighted by atomic mass is 16.6. The number of anilines is 2. The van der Waals surface area contributed by atoms with Crippen molar-refractivity contribution in [3.8, 4) is 11.5 Å². The van der Waals surface area contributed by atoms with Gasteiger partial charge in [0.25, 0.3) is 0 Å². The topological polar surface area (TPSA) is 79.9 Å². The monoisotopic (exact) mass is 395 g/mol. The molecule has 0 aliphatic carbocycles. The maximum Gasteiger partial charge on any atom is 0.244 e. The quantitative estimate of drug-likeness (QED) is 0.814. The van der Waals surface area contributed by atoms with Crippen molar-refractivity contribution >= 4 is 23.2 Å². The van der Waals surface area contributed by atoms with Gasteiger partial charge in [0.1, 0.15) is 13.2 Å². The number of rotatable bonds is 5. The minimum absolute atomic E-state index is 0.0321. The van der Waals surface area contributed by atoms with E-state index in [1.165, 1.54) is 6.92 Å². The van der Waals surface area contributed by atoms with Gasteiger partial charge in [-0.05, 0) is 43.2 Å². The van der Waals surface area contributed by atoms with Crippen LogP contribution in [-0.2, 0) is 16.1 Å². The van der Waals surface area contributed by atoms with Gasteiger partial charge < -0.3 is 20.1 Å². The van der Waals surface area contributed by atoms with Crippen LogP contribution in [0.1, 0.15) is 25.8 Å². The number of nitrogens with one attached hydrogen (secondary N) is 2. The summed E-state index contributed by atoms with van der Waals surface area (Å²) in [5, 5.41) is 5.78. The fourth-order valence-electron chi connectivity index (χ4n) is 3.62. The van der Waals surface area contributed by atoms with E-state index < -0.39 is 5.54 Å².